The zero-order chi connectivity index (χ0) is 24.9. The Morgan fingerprint density at radius 1 is 1.18 bits per heavy atom. The lowest BCUT2D eigenvalue weighted by Crippen LogP contribution is -2.59. The van der Waals surface area contributed by atoms with Gasteiger partial charge in [-0.3, -0.25) is 4.79 Å². The first-order valence-electron chi connectivity index (χ1n) is 10.4. The summed E-state index contributed by atoms with van der Waals surface area (Å²) >= 11 is 0. The number of amides is 1. The van der Waals surface area contributed by atoms with Crippen molar-refractivity contribution >= 4 is 22.4 Å². The Morgan fingerprint density at radius 3 is 2.50 bits per heavy atom. The summed E-state index contributed by atoms with van der Waals surface area (Å²) in [6, 6.07) is 6.63. The lowest BCUT2D eigenvalue weighted by molar-refractivity contribution is -0.257. The summed E-state index contributed by atoms with van der Waals surface area (Å²) in [5, 5.41) is 26.9. The number of benzene rings is 2. The normalized spacial score (nSPS) is 17.1. The highest BCUT2D eigenvalue weighted by molar-refractivity contribution is 6.00. The molecule has 1 aromatic heterocycles. The number of phenolic OH excluding ortho intramolecular Hbond substituents is 1. The van der Waals surface area contributed by atoms with Gasteiger partial charge >= 0.3 is 11.8 Å². The summed E-state index contributed by atoms with van der Waals surface area (Å²) < 4.78 is 60.7. The molecule has 1 unspecified atom stereocenters. The molecule has 34 heavy (non-hydrogen) atoms. The van der Waals surface area contributed by atoms with Gasteiger partial charge < -0.3 is 20.1 Å². The number of anilines is 1. The van der Waals surface area contributed by atoms with Gasteiger partial charge in [0.1, 0.15) is 11.6 Å². The van der Waals surface area contributed by atoms with Crippen LogP contribution in [0.15, 0.2) is 45.7 Å². The number of aromatic hydroxyl groups is 1. The standard InChI is InChI=1S/C23H20F4N2O5/c1-12-16-10-14(4-5-15(16)19(31)34-29-12)28-20(32)22(33,23(25,26)27)11-21(7-2-8-21)17-9-13(24)3-6-18(17)30/h3-6,9-10,30,33H,2,7-8,11H2,1H3,(H,28,32). The first kappa shape index (κ1) is 23.7. The van der Waals surface area contributed by atoms with Gasteiger partial charge in [0.2, 0.25) is 5.60 Å². The summed E-state index contributed by atoms with van der Waals surface area (Å²) in [5.41, 5.74) is -5.97. The fourth-order valence-corrected chi connectivity index (χ4v) is 4.42. The highest BCUT2D eigenvalue weighted by Gasteiger charge is 2.63. The molecular weight excluding hydrogens is 460 g/mol. The predicted molar refractivity (Wildman–Crippen MR) is 113 cm³/mol. The smallest absolute Gasteiger partial charge is 0.426 e. The van der Waals surface area contributed by atoms with Crippen molar-refractivity contribution in [1.29, 1.82) is 0 Å². The number of phenols is 1. The molecule has 0 saturated heterocycles. The topological polar surface area (TPSA) is 113 Å². The van der Waals surface area contributed by atoms with Crippen LogP contribution in [-0.2, 0) is 10.2 Å². The van der Waals surface area contributed by atoms with Crippen LogP contribution in [0.3, 0.4) is 0 Å². The second-order valence-corrected chi connectivity index (χ2v) is 8.60. The van der Waals surface area contributed by atoms with E-state index in [1.54, 1.807) is 0 Å². The van der Waals surface area contributed by atoms with Crippen molar-refractivity contribution in [2.24, 2.45) is 0 Å². The Labute approximate surface area is 190 Å². The fourth-order valence-electron chi connectivity index (χ4n) is 4.42. The van der Waals surface area contributed by atoms with Crippen molar-refractivity contribution < 1.29 is 37.1 Å². The van der Waals surface area contributed by atoms with Gasteiger partial charge in [0.25, 0.3) is 5.91 Å². The highest BCUT2D eigenvalue weighted by atomic mass is 19.4. The van der Waals surface area contributed by atoms with Crippen molar-refractivity contribution in [2.75, 3.05) is 5.32 Å². The van der Waals surface area contributed by atoms with E-state index in [2.05, 4.69) is 15.0 Å². The molecule has 0 spiro atoms. The van der Waals surface area contributed by atoms with Gasteiger partial charge in [0, 0.05) is 28.5 Å². The molecule has 3 N–H and O–H groups in total. The molecule has 0 bridgehead atoms. The Bertz CT molecular complexity index is 1330. The molecule has 2 aromatic carbocycles. The molecule has 1 aliphatic rings. The number of aliphatic hydroxyl groups is 1. The number of rotatable bonds is 5. The summed E-state index contributed by atoms with van der Waals surface area (Å²) in [6.07, 6.45) is -5.77. The molecule has 1 aliphatic carbocycles. The molecule has 1 heterocycles. The van der Waals surface area contributed by atoms with Crippen LogP contribution < -0.4 is 10.9 Å². The third kappa shape index (κ3) is 3.89. The van der Waals surface area contributed by atoms with Crippen LogP contribution in [0.25, 0.3) is 10.8 Å². The summed E-state index contributed by atoms with van der Waals surface area (Å²) in [7, 11) is 0. The number of aromatic nitrogens is 1. The van der Waals surface area contributed by atoms with E-state index in [4.69, 9.17) is 0 Å². The van der Waals surface area contributed by atoms with Crippen LogP contribution in [0.1, 0.15) is 36.9 Å². The van der Waals surface area contributed by atoms with E-state index >= 15 is 0 Å². The van der Waals surface area contributed by atoms with E-state index in [-0.39, 0.29) is 40.6 Å². The van der Waals surface area contributed by atoms with Crippen LogP contribution in [0, 0.1) is 12.7 Å². The van der Waals surface area contributed by atoms with Gasteiger partial charge in [-0.25, -0.2) is 9.18 Å². The second kappa shape index (κ2) is 8.08. The molecule has 1 amide bonds. The highest BCUT2D eigenvalue weighted by Crippen LogP contribution is 2.54. The monoisotopic (exact) mass is 480 g/mol. The number of nitrogens with zero attached hydrogens (tertiary/aromatic N) is 1. The maximum Gasteiger partial charge on any atom is 0.426 e. The minimum atomic E-state index is -5.38. The van der Waals surface area contributed by atoms with Crippen LogP contribution in [0.5, 0.6) is 5.75 Å². The Morgan fingerprint density at radius 2 is 1.88 bits per heavy atom. The van der Waals surface area contributed by atoms with Crippen LogP contribution in [0.2, 0.25) is 0 Å². The molecular formula is C23H20F4N2O5. The zero-order valence-electron chi connectivity index (χ0n) is 17.9. The van der Waals surface area contributed by atoms with Gasteiger partial charge in [0.05, 0.1) is 11.1 Å². The molecule has 1 saturated carbocycles. The lowest BCUT2D eigenvalue weighted by atomic mass is 9.59. The molecule has 11 heteroatoms. The molecule has 4 rings (SSSR count). The molecule has 3 aromatic rings. The number of halogens is 4. The van der Waals surface area contributed by atoms with E-state index in [9.17, 15) is 37.4 Å². The van der Waals surface area contributed by atoms with E-state index in [1.807, 2.05) is 0 Å². The molecule has 1 atom stereocenters. The number of nitrogens with one attached hydrogen (secondary N) is 1. The minimum Gasteiger partial charge on any atom is -0.508 e. The number of fused-ring (bicyclic) bond motifs is 1. The van der Waals surface area contributed by atoms with E-state index in [0.29, 0.717) is 6.42 Å². The summed E-state index contributed by atoms with van der Waals surface area (Å²) in [6.45, 7) is 1.51. The average Bonchev–Trinajstić information content (AvgIpc) is 2.74. The molecule has 7 nitrogen and oxygen atoms in total. The van der Waals surface area contributed by atoms with Crippen molar-refractivity contribution in [3.8, 4) is 5.75 Å². The number of hydrogen-bond donors (Lipinski definition) is 3. The SMILES string of the molecule is Cc1noc(=O)c2ccc(NC(=O)C(O)(CC3(c4cc(F)ccc4O)CCC3)C(F)(F)F)cc12. The first-order valence-corrected chi connectivity index (χ1v) is 10.4. The number of hydrogen-bond acceptors (Lipinski definition) is 6. The third-order valence-electron chi connectivity index (χ3n) is 6.43. The van der Waals surface area contributed by atoms with Crippen LogP contribution in [-0.4, -0.2) is 33.1 Å². The molecule has 1 fully saturated rings. The third-order valence-corrected chi connectivity index (χ3v) is 6.43. The van der Waals surface area contributed by atoms with Crippen molar-refractivity contribution in [3.05, 3.63) is 63.9 Å². The van der Waals surface area contributed by atoms with Crippen molar-refractivity contribution in [2.45, 2.75) is 49.8 Å². The van der Waals surface area contributed by atoms with Gasteiger partial charge in [0.15, 0.2) is 0 Å². The molecule has 180 valence electrons. The van der Waals surface area contributed by atoms with Gasteiger partial charge in [-0.2, -0.15) is 13.2 Å². The Hall–Kier alpha value is -3.47. The number of carbonyl (C=O) groups excluding carboxylic acids is 1. The van der Waals surface area contributed by atoms with Gasteiger partial charge in [-0.15, -0.1) is 0 Å². The second-order valence-electron chi connectivity index (χ2n) is 8.60. The van der Waals surface area contributed by atoms with Gasteiger partial charge in [-0.05, 0) is 56.2 Å². The number of carbonyl (C=O) groups is 1. The Kier molecular flexibility index (Phi) is 5.63. The van der Waals surface area contributed by atoms with E-state index < -0.39 is 46.7 Å². The fraction of sp³-hybridized carbons (Fsp3) is 0.348. The predicted octanol–water partition coefficient (Wildman–Crippen LogP) is 4.09. The summed E-state index contributed by atoms with van der Waals surface area (Å²) in [4.78, 5) is 24.6. The van der Waals surface area contributed by atoms with E-state index in [0.717, 1.165) is 18.2 Å². The number of aryl methyl sites for hydroxylation is 1. The first-order chi connectivity index (χ1) is 15.9. The largest absolute Gasteiger partial charge is 0.508 e. The molecule has 0 aliphatic heterocycles. The average molecular weight is 480 g/mol. The van der Waals surface area contributed by atoms with Crippen LogP contribution >= 0.6 is 0 Å². The maximum absolute atomic E-state index is 14.1. The van der Waals surface area contributed by atoms with Crippen LogP contribution in [0.4, 0.5) is 23.2 Å². The van der Waals surface area contributed by atoms with E-state index in [1.165, 1.54) is 25.1 Å². The number of alkyl halides is 3. The summed E-state index contributed by atoms with van der Waals surface area (Å²) in [5.74, 6) is -2.92. The van der Waals surface area contributed by atoms with Crippen molar-refractivity contribution in [3.63, 3.8) is 0 Å². The van der Waals surface area contributed by atoms with Crippen molar-refractivity contribution in [1.82, 2.24) is 5.16 Å². The maximum atomic E-state index is 14.1. The lowest BCUT2D eigenvalue weighted by Gasteiger charge is -2.47. The molecule has 0 radical (unpaired) electrons. The zero-order valence-corrected chi connectivity index (χ0v) is 17.9. The Balaban J connectivity index is 1.71. The minimum absolute atomic E-state index is 0.0895. The van der Waals surface area contributed by atoms with Gasteiger partial charge in [-0.1, -0.05) is 11.6 Å². The quantitative estimate of drug-likeness (QED) is 0.475.